The zero-order valence-electron chi connectivity index (χ0n) is 38.6. The van der Waals surface area contributed by atoms with Crippen LogP contribution in [0.3, 0.4) is 0 Å². The predicted octanol–water partition coefficient (Wildman–Crippen LogP) is 14.5. The van der Waals surface area contributed by atoms with E-state index in [-0.39, 0.29) is 21.8 Å². The van der Waals surface area contributed by atoms with E-state index in [1.54, 1.807) is 0 Å². The van der Waals surface area contributed by atoms with Gasteiger partial charge in [0, 0.05) is 44.6 Å². The van der Waals surface area contributed by atoms with Gasteiger partial charge in [-0.15, -0.1) is 0 Å². The van der Waals surface area contributed by atoms with Crippen molar-refractivity contribution in [3.8, 4) is 55.6 Å². The van der Waals surface area contributed by atoms with Crippen LogP contribution >= 0.6 is 0 Å². The van der Waals surface area contributed by atoms with Crippen LogP contribution in [0.2, 0.25) is 0 Å². The Labute approximate surface area is 385 Å². The molecule has 3 heteroatoms. The highest BCUT2D eigenvalue weighted by atomic mass is 15.3. The van der Waals surface area contributed by atoms with Crippen LogP contribution in [0.15, 0.2) is 164 Å². The number of anilines is 4. The summed E-state index contributed by atoms with van der Waals surface area (Å²) in [6, 6.07) is 62.6. The van der Waals surface area contributed by atoms with Crippen LogP contribution in [0.25, 0.3) is 55.6 Å². The normalized spacial score (nSPS) is 20.7. The lowest BCUT2D eigenvalue weighted by Crippen LogP contribution is -2.57. The lowest BCUT2D eigenvalue weighted by Gasteiger charge is -2.51. The molecule has 1 fully saturated rings. The van der Waals surface area contributed by atoms with Gasteiger partial charge in [0.15, 0.2) is 7.28 Å². The summed E-state index contributed by atoms with van der Waals surface area (Å²) < 4.78 is 0. The minimum Gasteiger partial charge on any atom is -0.355 e. The van der Waals surface area contributed by atoms with Crippen LogP contribution < -0.4 is 21.1 Å². The largest absolute Gasteiger partial charge is 0.355 e. The molecule has 13 rings (SSSR count). The number of nitrogens with one attached hydrogen (secondary N) is 1. The molecule has 1 N–H and O–H groups in total. The summed E-state index contributed by atoms with van der Waals surface area (Å²) in [5.41, 5.74) is 27.9. The van der Waals surface area contributed by atoms with Crippen LogP contribution in [-0.2, 0) is 16.2 Å². The van der Waals surface area contributed by atoms with Gasteiger partial charge in [0.2, 0.25) is 0 Å². The Morgan fingerprint density at radius 1 is 0.446 bits per heavy atom. The summed E-state index contributed by atoms with van der Waals surface area (Å²) in [6.45, 7) is 14.8. The lowest BCUT2D eigenvalue weighted by molar-refractivity contribution is 0.195. The van der Waals surface area contributed by atoms with E-state index in [2.05, 4.69) is 216 Å². The summed E-state index contributed by atoms with van der Waals surface area (Å²) in [5, 5.41) is 4.16. The first-order valence-electron chi connectivity index (χ1n) is 24.0. The Morgan fingerprint density at radius 2 is 1.03 bits per heavy atom. The van der Waals surface area contributed by atoms with E-state index in [1.165, 1.54) is 131 Å². The van der Waals surface area contributed by atoms with Crippen molar-refractivity contribution in [2.24, 2.45) is 0 Å². The maximum absolute atomic E-state index is 4.16. The predicted molar refractivity (Wildman–Crippen MR) is 277 cm³/mol. The van der Waals surface area contributed by atoms with Crippen molar-refractivity contribution in [1.82, 2.24) is 0 Å². The Kier molecular flexibility index (Phi) is 8.06. The minimum absolute atomic E-state index is 0.0151. The van der Waals surface area contributed by atoms with Crippen molar-refractivity contribution in [3.63, 3.8) is 0 Å². The first-order chi connectivity index (χ1) is 31.5. The van der Waals surface area contributed by atoms with Crippen LogP contribution in [0.4, 0.5) is 22.7 Å². The molecule has 8 aromatic carbocycles. The molecular weight excluding hydrogens is 784 g/mol. The van der Waals surface area contributed by atoms with Gasteiger partial charge in [0.1, 0.15) is 0 Å². The number of rotatable bonds is 5. The molecule has 0 amide bonds. The van der Waals surface area contributed by atoms with Crippen molar-refractivity contribution >= 4 is 41.0 Å². The highest BCUT2D eigenvalue weighted by Crippen LogP contribution is 2.62. The SMILES string of the molecule is CC1(C)c2ccccc2-c2ccc(Nc3cc4c(cc3-c3cc(-c5ccccc5)cc5c3Bc3cc(-c6ccccc6)cc6c3N5C3(C)CCCCC63C)-c3ccccc3C4(C)C)cc21. The molecule has 0 spiro atoms. The van der Waals surface area contributed by atoms with Crippen LogP contribution in [0, 0.1) is 0 Å². The Hall–Kier alpha value is -6.58. The summed E-state index contributed by atoms with van der Waals surface area (Å²) in [7, 11) is 0.870. The molecular formula is C62H55BN2. The Morgan fingerprint density at radius 3 is 1.72 bits per heavy atom. The molecule has 0 radical (unpaired) electrons. The molecule has 0 saturated heterocycles. The van der Waals surface area contributed by atoms with Crippen LogP contribution in [0.1, 0.15) is 95.0 Å². The lowest BCUT2D eigenvalue weighted by atomic mass is 9.57. The standard InChI is InChI=1S/C62H55BN2/c1-59(2)49-25-15-13-23-43(49)45-28-27-42(35-51(45)59)64-55-37-52-46(44-24-14-16-26-50(44)60(52,3)4)36-47(55)48-31-40(38-19-9-7-10-20-38)34-56-57(48)63-54-33-41(39-21-11-8-12-22-39)32-53-58(54)65(56)62(6)30-18-17-29-61(53,62)5/h7-16,19-28,31-37,63-64H,17-18,29-30H2,1-6H3. The molecule has 316 valence electrons. The Bertz CT molecular complexity index is 3310. The second-order valence-corrected chi connectivity index (χ2v) is 21.3. The van der Waals surface area contributed by atoms with Gasteiger partial charge in [-0.3, -0.25) is 0 Å². The number of fused-ring (bicyclic) bond motifs is 11. The second-order valence-electron chi connectivity index (χ2n) is 21.3. The van der Waals surface area contributed by atoms with Gasteiger partial charge < -0.3 is 10.2 Å². The van der Waals surface area contributed by atoms with Gasteiger partial charge in [-0.2, -0.15) is 0 Å². The van der Waals surface area contributed by atoms with Crippen LogP contribution in [0.5, 0.6) is 0 Å². The first kappa shape index (κ1) is 38.8. The monoisotopic (exact) mass is 838 g/mol. The first-order valence-corrected chi connectivity index (χ1v) is 24.0. The molecule has 3 aliphatic carbocycles. The van der Waals surface area contributed by atoms with Crippen molar-refractivity contribution in [2.75, 3.05) is 10.2 Å². The van der Waals surface area contributed by atoms with Crippen LogP contribution in [-0.4, -0.2) is 12.8 Å². The van der Waals surface area contributed by atoms with E-state index in [4.69, 9.17) is 0 Å². The molecule has 8 aromatic rings. The topological polar surface area (TPSA) is 15.3 Å². The van der Waals surface area contributed by atoms with Gasteiger partial charge in [-0.25, -0.2) is 0 Å². The molecule has 2 unspecified atom stereocenters. The third-order valence-electron chi connectivity index (χ3n) is 17.2. The van der Waals surface area contributed by atoms with Gasteiger partial charge in [0.25, 0.3) is 0 Å². The van der Waals surface area contributed by atoms with E-state index in [0.717, 1.165) is 18.7 Å². The van der Waals surface area contributed by atoms with E-state index in [9.17, 15) is 0 Å². The molecule has 5 aliphatic rings. The molecule has 2 heterocycles. The van der Waals surface area contributed by atoms with Crippen molar-refractivity contribution in [1.29, 1.82) is 0 Å². The Balaban J connectivity index is 1.08. The molecule has 0 bridgehead atoms. The quantitative estimate of drug-likeness (QED) is 0.174. The third kappa shape index (κ3) is 5.30. The fraction of sp³-hybridized carbons (Fsp3) is 0.226. The zero-order chi connectivity index (χ0) is 44.0. The molecule has 2 aliphatic heterocycles. The number of nitrogens with zero attached hydrogens (tertiary/aromatic N) is 1. The van der Waals surface area contributed by atoms with E-state index in [0.29, 0.717) is 0 Å². The van der Waals surface area contributed by atoms with Crippen molar-refractivity contribution in [3.05, 3.63) is 192 Å². The summed E-state index contributed by atoms with van der Waals surface area (Å²) in [5.74, 6) is 0. The molecule has 2 nitrogen and oxygen atoms in total. The maximum Gasteiger partial charge on any atom is 0.198 e. The fourth-order valence-electron chi connectivity index (χ4n) is 13.5. The highest BCUT2D eigenvalue weighted by Gasteiger charge is 2.59. The van der Waals surface area contributed by atoms with E-state index >= 15 is 0 Å². The van der Waals surface area contributed by atoms with E-state index in [1.807, 2.05) is 0 Å². The molecule has 65 heavy (non-hydrogen) atoms. The number of hydrogen-bond acceptors (Lipinski definition) is 2. The average Bonchev–Trinajstić information content (AvgIpc) is 3.80. The number of benzene rings is 8. The summed E-state index contributed by atoms with van der Waals surface area (Å²) in [6.07, 6.45) is 4.87. The van der Waals surface area contributed by atoms with Crippen molar-refractivity contribution < 1.29 is 0 Å². The molecule has 0 aromatic heterocycles. The minimum atomic E-state index is -0.146. The van der Waals surface area contributed by atoms with Gasteiger partial charge in [-0.05, 0) is 146 Å². The smallest absolute Gasteiger partial charge is 0.198 e. The van der Waals surface area contributed by atoms with Gasteiger partial charge in [-0.1, -0.05) is 174 Å². The van der Waals surface area contributed by atoms with Gasteiger partial charge >= 0.3 is 0 Å². The number of hydrogen-bond donors (Lipinski definition) is 1. The third-order valence-corrected chi connectivity index (χ3v) is 17.2. The summed E-state index contributed by atoms with van der Waals surface area (Å²) >= 11 is 0. The summed E-state index contributed by atoms with van der Waals surface area (Å²) in [4.78, 5) is 2.86. The maximum atomic E-state index is 4.16. The zero-order valence-corrected chi connectivity index (χ0v) is 38.6. The average molecular weight is 839 g/mol. The van der Waals surface area contributed by atoms with E-state index < -0.39 is 0 Å². The van der Waals surface area contributed by atoms with Gasteiger partial charge in [0.05, 0.1) is 5.54 Å². The molecule has 2 atom stereocenters. The van der Waals surface area contributed by atoms with Crippen molar-refractivity contribution in [2.45, 2.75) is 89.0 Å². The second kappa shape index (κ2) is 13.5. The molecule has 1 saturated carbocycles. The fourth-order valence-corrected chi connectivity index (χ4v) is 13.5. The highest BCUT2D eigenvalue weighted by molar-refractivity contribution is 6.73.